The van der Waals surface area contributed by atoms with Crippen molar-refractivity contribution in [3.8, 4) is 23.1 Å². The molecule has 14 nitrogen and oxygen atoms in total. The van der Waals surface area contributed by atoms with Crippen LogP contribution in [0, 0.1) is 28.6 Å². The summed E-state index contributed by atoms with van der Waals surface area (Å²) in [5.74, 6) is -11.8. The molecule has 1 heterocycles. The third-order valence-corrected chi connectivity index (χ3v) is 8.84. The van der Waals surface area contributed by atoms with Crippen LogP contribution < -0.4 is 22.9 Å². The molecule has 0 aliphatic heterocycles. The lowest BCUT2D eigenvalue weighted by Gasteiger charge is -2.64. The number of Topliss-reactive ketones (excluding diaryl/α,β-unsaturated/α-hetero) is 4. The van der Waals surface area contributed by atoms with Crippen LogP contribution in [0.25, 0.3) is 11.3 Å². The molecule has 2 fully saturated rings. The fourth-order valence-electron chi connectivity index (χ4n) is 7.05. The molecule has 8 atom stereocenters. The molecule has 0 radical (unpaired) electrons. The van der Waals surface area contributed by atoms with Gasteiger partial charge in [0.1, 0.15) is 11.7 Å². The third kappa shape index (κ3) is 3.06. The molecule has 5 rings (SSSR count). The van der Waals surface area contributed by atoms with Gasteiger partial charge in [-0.2, -0.15) is 5.26 Å². The average Bonchev–Trinajstić information content (AvgIpc) is 2.91. The Hall–Kier alpha value is -4.39. The second kappa shape index (κ2) is 8.80. The molecule has 0 bridgehead atoms. The van der Waals surface area contributed by atoms with Gasteiger partial charge in [0.25, 0.3) is 0 Å². The number of nitrogens with two attached hydrogens (primary N) is 4. The second-order valence-corrected chi connectivity index (χ2v) is 10.9. The number of nitriles is 1. The normalized spacial score (nSPS) is 36.3. The van der Waals surface area contributed by atoms with E-state index in [9.17, 15) is 39.4 Å². The van der Waals surface area contributed by atoms with Gasteiger partial charge in [-0.05, 0) is 43.9 Å². The van der Waals surface area contributed by atoms with Crippen molar-refractivity contribution in [2.45, 2.75) is 29.3 Å². The first-order valence-electron chi connectivity index (χ1n) is 12.5. The van der Waals surface area contributed by atoms with Crippen LogP contribution in [0.1, 0.15) is 22.0 Å². The zero-order valence-corrected chi connectivity index (χ0v) is 21.9. The van der Waals surface area contributed by atoms with Crippen molar-refractivity contribution < 1.29 is 34.2 Å². The van der Waals surface area contributed by atoms with Crippen molar-refractivity contribution in [1.82, 2.24) is 9.88 Å². The predicted molar refractivity (Wildman–Crippen MR) is 139 cm³/mol. The van der Waals surface area contributed by atoms with Crippen molar-refractivity contribution in [2.75, 3.05) is 14.1 Å². The molecule has 2 saturated carbocycles. The maximum absolute atomic E-state index is 14.4. The van der Waals surface area contributed by atoms with Gasteiger partial charge < -0.3 is 33.1 Å². The quantitative estimate of drug-likeness (QED) is 0.208. The van der Waals surface area contributed by atoms with Gasteiger partial charge >= 0.3 is 0 Å². The molecule has 212 valence electrons. The lowest BCUT2D eigenvalue weighted by atomic mass is 9.41. The van der Waals surface area contributed by atoms with Crippen molar-refractivity contribution in [2.24, 2.45) is 40.2 Å². The van der Waals surface area contributed by atoms with Crippen molar-refractivity contribution in [3.63, 3.8) is 0 Å². The number of likely N-dealkylation sites (N-methyl/N-ethyl adjacent to an activating group) is 1. The van der Waals surface area contributed by atoms with E-state index < -0.39 is 86.9 Å². The number of phenolic OH excluding ortho intramolecular Hbond substituents is 1. The van der Waals surface area contributed by atoms with Gasteiger partial charge in [0.05, 0.1) is 46.6 Å². The molecule has 14 heteroatoms. The molecular weight excluding hydrogens is 534 g/mol. The fourth-order valence-corrected chi connectivity index (χ4v) is 7.05. The number of aromatic nitrogens is 1. The zero-order chi connectivity index (χ0) is 30.4. The average molecular weight is 562 g/mol. The summed E-state index contributed by atoms with van der Waals surface area (Å²) >= 11 is 0. The van der Waals surface area contributed by atoms with E-state index in [1.54, 1.807) is 24.3 Å². The Labute approximate surface area is 232 Å². The predicted octanol–water partition coefficient (Wildman–Crippen LogP) is -2.70. The number of fused-ring (bicyclic) bond motifs is 3. The Bertz CT molecular complexity index is 1600. The topological polar surface area (TPSA) is 270 Å². The van der Waals surface area contributed by atoms with Crippen molar-refractivity contribution >= 4 is 29.0 Å². The summed E-state index contributed by atoms with van der Waals surface area (Å²) in [6, 6.07) is 5.61. The van der Waals surface area contributed by atoms with E-state index in [1.165, 1.54) is 32.4 Å². The highest BCUT2D eigenvalue weighted by Crippen LogP contribution is 2.59. The van der Waals surface area contributed by atoms with E-state index in [0.717, 1.165) is 4.90 Å². The minimum atomic E-state index is -3.12. The van der Waals surface area contributed by atoms with Gasteiger partial charge in [-0.1, -0.05) is 6.07 Å². The van der Waals surface area contributed by atoms with Gasteiger partial charge in [0, 0.05) is 11.8 Å². The number of phenols is 1. The number of ketones is 4. The summed E-state index contributed by atoms with van der Waals surface area (Å²) in [6.07, 6.45) is -0.866. The first-order valence-corrected chi connectivity index (χ1v) is 12.5. The largest absolute Gasteiger partial charge is 0.507 e. The number of amides is 1. The highest BCUT2D eigenvalue weighted by molar-refractivity contribution is 6.33. The Morgan fingerprint density at radius 2 is 1.76 bits per heavy atom. The Morgan fingerprint density at radius 1 is 1.10 bits per heavy atom. The van der Waals surface area contributed by atoms with Crippen LogP contribution >= 0.6 is 0 Å². The molecular formula is C27H27N7O7. The van der Waals surface area contributed by atoms with E-state index in [1.807, 2.05) is 0 Å². The number of primary amides is 1. The number of aliphatic hydroxyl groups is 1. The number of pyridine rings is 1. The molecule has 3 aliphatic rings. The SMILES string of the molecule is CN(C)[C@@H]1C(=O)C(C(N)=O)C(=O)[C@@]2(C#N)C(=O)C3C(=O)c4c(O)ccc(-c5ccccn5)c4[C@H](N)[C@@]3(N)[C@H](O)[C@@]12N. The molecule has 0 spiro atoms. The smallest absolute Gasteiger partial charge is 0.235 e. The first kappa shape index (κ1) is 28.1. The number of carbonyl (C=O) groups is 5. The maximum Gasteiger partial charge on any atom is 0.235 e. The maximum atomic E-state index is 14.4. The molecule has 3 aliphatic carbocycles. The summed E-state index contributed by atoms with van der Waals surface area (Å²) < 4.78 is 0. The minimum Gasteiger partial charge on any atom is -0.507 e. The first-order chi connectivity index (χ1) is 19.1. The lowest BCUT2D eigenvalue weighted by Crippen LogP contribution is -2.92. The summed E-state index contributed by atoms with van der Waals surface area (Å²) in [4.78, 5) is 73.6. The Morgan fingerprint density at radius 3 is 2.29 bits per heavy atom. The summed E-state index contributed by atoms with van der Waals surface area (Å²) in [5.41, 5.74) is 17.2. The van der Waals surface area contributed by atoms with Crippen LogP contribution in [0.3, 0.4) is 0 Å². The minimum absolute atomic E-state index is 0.0581. The highest BCUT2D eigenvalue weighted by Gasteiger charge is 2.83. The van der Waals surface area contributed by atoms with Gasteiger partial charge in [-0.25, -0.2) is 0 Å². The summed E-state index contributed by atoms with van der Waals surface area (Å²) in [7, 11) is 2.64. The number of hydrogen-bond donors (Lipinski definition) is 6. The van der Waals surface area contributed by atoms with E-state index >= 15 is 0 Å². The van der Waals surface area contributed by atoms with Crippen LogP contribution in [0.4, 0.5) is 0 Å². The van der Waals surface area contributed by atoms with Crippen LogP contribution in [0.5, 0.6) is 5.75 Å². The third-order valence-electron chi connectivity index (χ3n) is 8.84. The van der Waals surface area contributed by atoms with Crippen molar-refractivity contribution in [3.05, 3.63) is 47.7 Å². The molecule has 1 aromatic heterocycles. The van der Waals surface area contributed by atoms with Gasteiger partial charge in [-0.3, -0.25) is 33.9 Å². The van der Waals surface area contributed by atoms with E-state index in [4.69, 9.17) is 22.9 Å². The number of hydrogen-bond acceptors (Lipinski definition) is 13. The van der Waals surface area contributed by atoms with Gasteiger partial charge in [-0.15, -0.1) is 0 Å². The van der Waals surface area contributed by atoms with Crippen LogP contribution in [-0.2, 0) is 19.2 Å². The standard InChI is InChI=1S/C27H27N7O7/c1-34(2)20-18(37)15(23(30)40)21(38)25(9-28)22(39)16-17(36)14-12(35)7-6-10(11-5-3-4-8-33-11)13(14)19(29)26(16,31)24(41)27(20,25)32/h3-8,15-16,19-20,24,35,41H,29,31-32H2,1-2H3,(H2,30,40)/t15?,16?,19-,20+,24-,25-,26+,27-/m0/s1. The Kier molecular flexibility index (Phi) is 6.04. The lowest BCUT2D eigenvalue weighted by molar-refractivity contribution is -0.181. The van der Waals surface area contributed by atoms with Gasteiger partial charge in [0.2, 0.25) is 5.91 Å². The van der Waals surface area contributed by atoms with Gasteiger partial charge in [0.15, 0.2) is 34.5 Å². The molecule has 10 N–H and O–H groups in total. The van der Waals surface area contributed by atoms with Crippen molar-refractivity contribution in [1.29, 1.82) is 5.26 Å². The second-order valence-electron chi connectivity index (χ2n) is 10.9. The Balaban J connectivity index is 1.87. The fraction of sp³-hybridized carbons (Fsp3) is 0.370. The number of nitrogens with zero attached hydrogens (tertiary/aromatic N) is 3. The number of benzene rings is 1. The number of aliphatic hydroxyl groups excluding tert-OH is 1. The number of carbonyl (C=O) groups excluding carboxylic acids is 5. The molecule has 0 saturated heterocycles. The van der Waals surface area contributed by atoms with Crippen LogP contribution in [0.2, 0.25) is 0 Å². The molecule has 2 aromatic rings. The molecule has 1 aromatic carbocycles. The summed E-state index contributed by atoms with van der Waals surface area (Å²) in [5, 5.41) is 33.3. The molecule has 41 heavy (non-hydrogen) atoms. The number of rotatable bonds is 3. The monoisotopic (exact) mass is 561 g/mol. The molecule has 1 amide bonds. The van der Waals surface area contributed by atoms with E-state index in [0.29, 0.717) is 5.69 Å². The number of aromatic hydroxyl groups is 1. The van der Waals surface area contributed by atoms with E-state index in [2.05, 4.69) is 4.98 Å². The van der Waals surface area contributed by atoms with E-state index in [-0.39, 0.29) is 11.1 Å². The summed E-state index contributed by atoms with van der Waals surface area (Å²) in [6.45, 7) is 0. The zero-order valence-electron chi connectivity index (χ0n) is 21.9. The molecule has 2 unspecified atom stereocenters. The highest BCUT2D eigenvalue weighted by atomic mass is 16.3. The van der Waals surface area contributed by atoms with Crippen LogP contribution in [-0.4, -0.2) is 86.5 Å². The van der Waals surface area contributed by atoms with Crippen LogP contribution in [0.15, 0.2) is 36.5 Å².